The van der Waals surface area contributed by atoms with Gasteiger partial charge in [-0.15, -0.1) is 0 Å². The zero-order chi connectivity index (χ0) is 13.0. The molecule has 0 fully saturated rings. The van der Waals surface area contributed by atoms with Gasteiger partial charge >= 0.3 is 5.97 Å². The predicted molar refractivity (Wildman–Crippen MR) is 66.0 cm³/mol. The van der Waals surface area contributed by atoms with Crippen molar-refractivity contribution in [1.82, 2.24) is 0 Å². The number of carbonyl (C=O) groups is 1. The number of hydrogen-bond donors (Lipinski definition) is 2. The molecule has 5 heteroatoms. The minimum absolute atomic E-state index is 0.0151. The average Bonchev–Trinajstić information content (AvgIpc) is 2.23. The first-order valence-electron chi connectivity index (χ1n) is 5.36. The molecule has 0 amide bonds. The smallest absolute Gasteiger partial charge is 0.307 e. The molecule has 0 saturated heterocycles. The summed E-state index contributed by atoms with van der Waals surface area (Å²) >= 11 is 5.84. The van der Waals surface area contributed by atoms with Crippen molar-refractivity contribution in [3.63, 3.8) is 0 Å². The van der Waals surface area contributed by atoms with Gasteiger partial charge in [0.15, 0.2) is 0 Å². The third-order valence-electron chi connectivity index (χ3n) is 2.33. The van der Waals surface area contributed by atoms with Crippen LogP contribution in [-0.4, -0.2) is 17.7 Å². The number of hydrogen-bond acceptors (Lipinski definition) is 4. The monoisotopic (exact) mass is 257 g/mol. The van der Waals surface area contributed by atoms with Crippen LogP contribution in [0.4, 0.5) is 0 Å². The van der Waals surface area contributed by atoms with Gasteiger partial charge in [-0.25, -0.2) is 0 Å². The van der Waals surface area contributed by atoms with Crippen LogP contribution in [0.15, 0.2) is 12.1 Å². The van der Waals surface area contributed by atoms with Gasteiger partial charge in [0.05, 0.1) is 18.1 Å². The fourth-order valence-electron chi connectivity index (χ4n) is 1.55. The van der Waals surface area contributed by atoms with Crippen molar-refractivity contribution in [3.8, 4) is 5.75 Å². The van der Waals surface area contributed by atoms with Crippen molar-refractivity contribution in [3.05, 3.63) is 28.3 Å². The van der Waals surface area contributed by atoms with Crippen LogP contribution in [0.5, 0.6) is 5.75 Å². The van der Waals surface area contributed by atoms with Crippen LogP contribution in [0.1, 0.15) is 30.5 Å². The number of phenolic OH excluding ortho intramolecular Hbond substituents is 1. The Hall–Kier alpha value is -1.26. The molecule has 1 rings (SSSR count). The maximum Gasteiger partial charge on any atom is 0.307 e. The van der Waals surface area contributed by atoms with Crippen LogP contribution in [0.3, 0.4) is 0 Å². The van der Waals surface area contributed by atoms with Gasteiger partial charge in [-0.3, -0.25) is 4.79 Å². The fourth-order valence-corrected chi connectivity index (χ4v) is 1.83. The molecule has 0 aromatic heterocycles. The lowest BCUT2D eigenvalue weighted by molar-refractivity contribution is -0.143. The third kappa shape index (κ3) is 3.61. The second-order valence-electron chi connectivity index (χ2n) is 3.80. The number of rotatable bonds is 4. The van der Waals surface area contributed by atoms with Crippen LogP contribution in [0, 0.1) is 6.92 Å². The minimum Gasteiger partial charge on any atom is -0.506 e. The number of esters is 1. The van der Waals surface area contributed by atoms with Crippen LogP contribution < -0.4 is 5.73 Å². The van der Waals surface area contributed by atoms with Gasteiger partial charge in [0, 0.05) is 11.6 Å². The summed E-state index contributed by atoms with van der Waals surface area (Å²) < 4.78 is 4.80. The van der Waals surface area contributed by atoms with E-state index < -0.39 is 12.0 Å². The number of aryl methyl sites for hydroxylation is 1. The normalized spacial score (nSPS) is 12.2. The van der Waals surface area contributed by atoms with E-state index in [2.05, 4.69) is 0 Å². The molecule has 1 aromatic carbocycles. The molecule has 0 aliphatic heterocycles. The van der Waals surface area contributed by atoms with Crippen molar-refractivity contribution in [2.75, 3.05) is 6.61 Å². The first-order chi connectivity index (χ1) is 7.95. The fraction of sp³-hybridized carbons (Fsp3) is 0.417. The zero-order valence-electron chi connectivity index (χ0n) is 9.87. The Balaban J connectivity index is 2.88. The van der Waals surface area contributed by atoms with Crippen LogP contribution in [0.25, 0.3) is 0 Å². The second kappa shape index (κ2) is 5.89. The molecule has 1 aromatic rings. The number of aromatic hydroxyl groups is 1. The summed E-state index contributed by atoms with van der Waals surface area (Å²) in [4.78, 5) is 11.3. The molecule has 0 saturated carbocycles. The lowest BCUT2D eigenvalue weighted by Crippen LogP contribution is -2.17. The summed E-state index contributed by atoms with van der Waals surface area (Å²) in [6.07, 6.45) is 0.0151. The average molecular weight is 258 g/mol. The molecule has 0 spiro atoms. The number of benzene rings is 1. The van der Waals surface area contributed by atoms with Gasteiger partial charge in [0.2, 0.25) is 0 Å². The highest BCUT2D eigenvalue weighted by Crippen LogP contribution is 2.33. The van der Waals surface area contributed by atoms with E-state index in [0.29, 0.717) is 12.2 Å². The number of nitrogens with two attached hydrogens (primary N) is 1. The molecule has 0 unspecified atom stereocenters. The molecular weight excluding hydrogens is 242 g/mol. The van der Waals surface area contributed by atoms with Crippen molar-refractivity contribution < 1.29 is 14.6 Å². The molecule has 0 bridgehead atoms. The van der Waals surface area contributed by atoms with E-state index in [1.807, 2.05) is 6.92 Å². The molecular formula is C12H16ClNO3. The molecule has 3 N–H and O–H groups in total. The van der Waals surface area contributed by atoms with E-state index in [0.717, 1.165) is 5.56 Å². The lowest BCUT2D eigenvalue weighted by atomic mass is 10.0. The Kier molecular flexibility index (Phi) is 4.78. The molecule has 17 heavy (non-hydrogen) atoms. The van der Waals surface area contributed by atoms with Gasteiger partial charge in [0.1, 0.15) is 5.75 Å². The van der Waals surface area contributed by atoms with Crippen molar-refractivity contribution in [2.24, 2.45) is 5.73 Å². The highest BCUT2D eigenvalue weighted by atomic mass is 35.5. The first-order valence-corrected chi connectivity index (χ1v) is 5.73. The molecule has 0 radical (unpaired) electrons. The van der Waals surface area contributed by atoms with Crippen molar-refractivity contribution in [1.29, 1.82) is 0 Å². The van der Waals surface area contributed by atoms with Gasteiger partial charge in [0.25, 0.3) is 0 Å². The molecule has 1 atom stereocenters. The van der Waals surface area contributed by atoms with Crippen LogP contribution in [0.2, 0.25) is 5.02 Å². The van der Waals surface area contributed by atoms with Gasteiger partial charge in [-0.1, -0.05) is 17.7 Å². The molecule has 0 aliphatic rings. The standard InChI is InChI=1S/C12H16ClNO3/c1-3-17-11(15)6-10(14)8-4-7(2)5-9(13)12(8)16/h4-5,10,16H,3,6,14H2,1-2H3/t10-/m0/s1. The summed E-state index contributed by atoms with van der Waals surface area (Å²) in [5.74, 6) is -0.467. The highest BCUT2D eigenvalue weighted by Gasteiger charge is 2.18. The highest BCUT2D eigenvalue weighted by molar-refractivity contribution is 6.32. The molecule has 94 valence electrons. The SMILES string of the molecule is CCOC(=O)C[C@H](N)c1cc(C)cc(Cl)c1O. The number of phenols is 1. The summed E-state index contributed by atoms with van der Waals surface area (Å²) in [6.45, 7) is 3.88. The van der Waals surface area contributed by atoms with Gasteiger partial charge in [-0.2, -0.15) is 0 Å². The van der Waals surface area contributed by atoms with Crippen LogP contribution in [-0.2, 0) is 9.53 Å². The van der Waals surface area contributed by atoms with Gasteiger partial charge < -0.3 is 15.6 Å². The van der Waals surface area contributed by atoms with E-state index in [4.69, 9.17) is 22.1 Å². The first kappa shape index (κ1) is 13.8. The van der Waals surface area contributed by atoms with Crippen molar-refractivity contribution >= 4 is 17.6 Å². The Bertz CT molecular complexity index is 420. The topological polar surface area (TPSA) is 72.5 Å². The van der Waals surface area contributed by atoms with Crippen LogP contribution >= 0.6 is 11.6 Å². The Morgan fingerprint density at radius 2 is 2.24 bits per heavy atom. The quantitative estimate of drug-likeness (QED) is 0.812. The maximum atomic E-state index is 11.3. The van der Waals surface area contributed by atoms with E-state index in [1.54, 1.807) is 19.1 Å². The van der Waals surface area contributed by atoms with Gasteiger partial charge in [-0.05, 0) is 25.5 Å². The predicted octanol–water partition coefficient (Wildman–Crippen LogP) is 2.31. The molecule has 0 aliphatic carbocycles. The second-order valence-corrected chi connectivity index (χ2v) is 4.21. The summed E-state index contributed by atoms with van der Waals surface area (Å²) in [5, 5.41) is 10.0. The van der Waals surface area contributed by atoms with E-state index in [-0.39, 0.29) is 17.2 Å². The summed E-state index contributed by atoms with van der Waals surface area (Å²) in [5.41, 5.74) is 7.18. The Labute approximate surface area is 105 Å². The van der Waals surface area contributed by atoms with E-state index in [1.165, 1.54) is 0 Å². The third-order valence-corrected chi connectivity index (χ3v) is 2.62. The van der Waals surface area contributed by atoms with E-state index in [9.17, 15) is 9.90 Å². The summed E-state index contributed by atoms with van der Waals surface area (Å²) in [7, 11) is 0. The largest absolute Gasteiger partial charge is 0.506 e. The number of halogens is 1. The van der Waals surface area contributed by atoms with E-state index >= 15 is 0 Å². The zero-order valence-corrected chi connectivity index (χ0v) is 10.6. The van der Waals surface area contributed by atoms with Crippen molar-refractivity contribution in [2.45, 2.75) is 26.3 Å². The summed E-state index contributed by atoms with van der Waals surface area (Å²) in [6, 6.07) is 2.73. The Morgan fingerprint density at radius 1 is 1.59 bits per heavy atom. The number of ether oxygens (including phenoxy) is 1. The minimum atomic E-state index is -0.619. The molecule has 4 nitrogen and oxygen atoms in total. The Morgan fingerprint density at radius 3 is 2.82 bits per heavy atom. The molecule has 0 heterocycles. The maximum absolute atomic E-state index is 11.3. The number of carbonyl (C=O) groups excluding carboxylic acids is 1. The lowest BCUT2D eigenvalue weighted by Gasteiger charge is -2.14.